The van der Waals surface area contributed by atoms with Crippen molar-refractivity contribution in [1.82, 2.24) is 15.3 Å². The van der Waals surface area contributed by atoms with Crippen molar-refractivity contribution < 1.29 is 14.3 Å². The Kier molecular flexibility index (Phi) is 3.69. The highest BCUT2D eigenvalue weighted by Crippen LogP contribution is 2.13. The lowest BCUT2D eigenvalue weighted by Gasteiger charge is -2.11. The van der Waals surface area contributed by atoms with Crippen LogP contribution >= 0.6 is 0 Å². The molecule has 0 aliphatic rings. The van der Waals surface area contributed by atoms with Gasteiger partial charge in [0.2, 0.25) is 0 Å². The van der Waals surface area contributed by atoms with Gasteiger partial charge in [-0.1, -0.05) is 0 Å². The van der Waals surface area contributed by atoms with Gasteiger partial charge in [0, 0.05) is 12.7 Å². The Morgan fingerprint density at radius 1 is 1.61 bits per heavy atom. The largest absolute Gasteiger partial charge is 0.478 e. The predicted molar refractivity (Wildman–Crippen MR) is 63.0 cm³/mol. The van der Waals surface area contributed by atoms with Crippen LogP contribution < -0.4 is 5.32 Å². The molecule has 1 unspecified atom stereocenters. The van der Waals surface area contributed by atoms with E-state index in [-0.39, 0.29) is 11.6 Å². The van der Waals surface area contributed by atoms with Crippen molar-refractivity contribution >= 4 is 5.97 Å². The molecule has 6 heteroatoms. The number of rotatable bonds is 5. The summed E-state index contributed by atoms with van der Waals surface area (Å²) in [6.07, 6.45) is 4.23. The van der Waals surface area contributed by atoms with E-state index in [2.05, 4.69) is 15.3 Å². The lowest BCUT2D eigenvalue weighted by Crippen LogP contribution is -2.20. The summed E-state index contributed by atoms with van der Waals surface area (Å²) >= 11 is 0. The molecular weight excluding hydrogens is 234 g/mol. The first-order valence-corrected chi connectivity index (χ1v) is 5.47. The van der Waals surface area contributed by atoms with E-state index in [1.165, 1.54) is 12.5 Å². The molecule has 0 aliphatic heterocycles. The van der Waals surface area contributed by atoms with E-state index >= 15 is 0 Å². The second-order valence-corrected chi connectivity index (χ2v) is 3.81. The van der Waals surface area contributed by atoms with Gasteiger partial charge in [0.15, 0.2) is 0 Å². The van der Waals surface area contributed by atoms with Crippen molar-refractivity contribution in [2.45, 2.75) is 19.5 Å². The number of nitrogens with one attached hydrogen (secondary N) is 1. The van der Waals surface area contributed by atoms with Crippen LogP contribution in [0.3, 0.4) is 0 Å². The van der Waals surface area contributed by atoms with Crippen molar-refractivity contribution in [3.8, 4) is 0 Å². The molecule has 0 saturated heterocycles. The summed E-state index contributed by atoms with van der Waals surface area (Å²) < 4.78 is 5.25. The van der Waals surface area contributed by atoms with E-state index in [0.717, 1.165) is 5.76 Å². The zero-order valence-electron chi connectivity index (χ0n) is 9.83. The van der Waals surface area contributed by atoms with Crippen LogP contribution in [0.4, 0.5) is 0 Å². The third-order valence-corrected chi connectivity index (χ3v) is 2.57. The number of hydrogen-bond acceptors (Lipinski definition) is 5. The van der Waals surface area contributed by atoms with Crippen LogP contribution in [0.25, 0.3) is 0 Å². The zero-order chi connectivity index (χ0) is 13.0. The molecule has 2 aromatic rings. The minimum Gasteiger partial charge on any atom is -0.478 e. The maximum Gasteiger partial charge on any atom is 0.339 e. The Balaban J connectivity index is 2.04. The molecular formula is C12H13N3O3. The maximum atomic E-state index is 11.0. The number of furan rings is 1. The molecule has 0 radical (unpaired) electrons. The van der Waals surface area contributed by atoms with Gasteiger partial charge < -0.3 is 14.8 Å². The molecule has 0 saturated carbocycles. The Bertz CT molecular complexity index is 525. The van der Waals surface area contributed by atoms with E-state index in [4.69, 9.17) is 9.52 Å². The summed E-state index contributed by atoms with van der Waals surface area (Å²) in [5, 5.41) is 12.1. The Morgan fingerprint density at radius 3 is 3.11 bits per heavy atom. The van der Waals surface area contributed by atoms with Crippen molar-refractivity contribution in [3.63, 3.8) is 0 Å². The van der Waals surface area contributed by atoms with Crippen LogP contribution in [0.5, 0.6) is 0 Å². The third kappa shape index (κ3) is 2.72. The summed E-state index contributed by atoms with van der Waals surface area (Å²) in [6.45, 7) is 2.27. The molecule has 0 amide bonds. The SMILES string of the molecule is CC(NCc1ncncc1C(=O)O)c1ccco1. The topological polar surface area (TPSA) is 88.2 Å². The molecule has 2 N–H and O–H groups in total. The minimum absolute atomic E-state index is 0.0170. The number of nitrogens with zero attached hydrogens (tertiary/aromatic N) is 2. The number of carboxylic acids is 1. The van der Waals surface area contributed by atoms with Gasteiger partial charge in [-0.2, -0.15) is 0 Å². The lowest BCUT2D eigenvalue weighted by atomic mass is 10.2. The molecule has 6 nitrogen and oxygen atoms in total. The molecule has 94 valence electrons. The molecule has 2 rings (SSSR count). The van der Waals surface area contributed by atoms with Crippen molar-refractivity contribution in [1.29, 1.82) is 0 Å². The molecule has 0 aromatic carbocycles. The normalized spacial score (nSPS) is 12.3. The minimum atomic E-state index is -1.03. The maximum absolute atomic E-state index is 11.0. The molecule has 0 aliphatic carbocycles. The van der Waals surface area contributed by atoms with Crippen LogP contribution in [0.2, 0.25) is 0 Å². The Labute approximate surface area is 104 Å². The van der Waals surface area contributed by atoms with Crippen LogP contribution in [0.15, 0.2) is 35.3 Å². The van der Waals surface area contributed by atoms with Crippen LogP contribution in [-0.4, -0.2) is 21.0 Å². The second kappa shape index (κ2) is 5.42. The van der Waals surface area contributed by atoms with Crippen LogP contribution in [-0.2, 0) is 6.54 Å². The fourth-order valence-electron chi connectivity index (χ4n) is 1.56. The average molecular weight is 247 g/mol. The van der Waals surface area contributed by atoms with Crippen LogP contribution in [0.1, 0.15) is 34.8 Å². The van der Waals surface area contributed by atoms with Gasteiger partial charge in [-0.3, -0.25) is 0 Å². The summed E-state index contributed by atoms with van der Waals surface area (Å²) in [6, 6.07) is 3.65. The van der Waals surface area contributed by atoms with Gasteiger partial charge in [0.05, 0.1) is 18.0 Å². The average Bonchev–Trinajstić information content (AvgIpc) is 2.90. The van der Waals surface area contributed by atoms with Gasteiger partial charge in [-0.15, -0.1) is 0 Å². The number of aromatic nitrogens is 2. The van der Waals surface area contributed by atoms with Gasteiger partial charge in [0.25, 0.3) is 0 Å². The molecule has 0 bridgehead atoms. The van der Waals surface area contributed by atoms with Crippen molar-refractivity contribution in [2.75, 3.05) is 0 Å². The standard InChI is InChI=1S/C12H13N3O3/c1-8(11-3-2-4-18-11)14-6-10-9(12(16)17)5-13-7-15-10/h2-5,7-8,14H,6H2,1H3,(H,16,17). The fraction of sp³-hybridized carbons (Fsp3) is 0.250. The lowest BCUT2D eigenvalue weighted by molar-refractivity contribution is 0.0694. The summed E-state index contributed by atoms with van der Waals surface area (Å²) in [5.74, 6) is -0.237. The number of hydrogen-bond donors (Lipinski definition) is 2. The summed E-state index contributed by atoms with van der Waals surface area (Å²) in [4.78, 5) is 18.6. The van der Waals surface area contributed by atoms with Crippen LogP contribution in [0, 0.1) is 0 Å². The van der Waals surface area contributed by atoms with Gasteiger partial charge >= 0.3 is 5.97 Å². The number of aromatic carboxylic acids is 1. The second-order valence-electron chi connectivity index (χ2n) is 3.81. The van der Waals surface area contributed by atoms with E-state index in [0.29, 0.717) is 12.2 Å². The fourth-order valence-corrected chi connectivity index (χ4v) is 1.56. The summed E-state index contributed by atoms with van der Waals surface area (Å²) in [5.41, 5.74) is 0.563. The van der Waals surface area contributed by atoms with E-state index < -0.39 is 5.97 Å². The Morgan fingerprint density at radius 2 is 2.44 bits per heavy atom. The molecule has 0 spiro atoms. The van der Waals surface area contributed by atoms with Gasteiger partial charge in [-0.05, 0) is 19.1 Å². The first-order chi connectivity index (χ1) is 8.68. The van der Waals surface area contributed by atoms with Crippen molar-refractivity contribution in [3.05, 3.63) is 47.9 Å². The number of carboxylic acid groups (broad SMARTS) is 1. The predicted octanol–water partition coefficient (Wildman–Crippen LogP) is 1.62. The van der Waals surface area contributed by atoms with E-state index in [9.17, 15) is 4.79 Å². The highest BCUT2D eigenvalue weighted by atomic mass is 16.4. The third-order valence-electron chi connectivity index (χ3n) is 2.57. The molecule has 0 fully saturated rings. The highest BCUT2D eigenvalue weighted by Gasteiger charge is 2.13. The van der Waals surface area contributed by atoms with E-state index in [1.54, 1.807) is 12.3 Å². The van der Waals surface area contributed by atoms with Gasteiger partial charge in [-0.25, -0.2) is 14.8 Å². The number of carbonyl (C=O) groups is 1. The molecule has 2 heterocycles. The Hall–Kier alpha value is -2.21. The monoisotopic (exact) mass is 247 g/mol. The van der Waals surface area contributed by atoms with E-state index in [1.807, 2.05) is 13.0 Å². The summed E-state index contributed by atoms with van der Waals surface area (Å²) in [7, 11) is 0. The highest BCUT2D eigenvalue weighted by molar-refractivity contribution is 5.88. The smallest absolute Gasteiger partial charge is 0.339 e. The van der Waals surface area contributed by atoms with Gasteiger partial charge in [0.1, 0.15) is 17.7 Å². The quantitative estimate of drug-likeness (QED) is 0.834. The van der Waals surface area contributed by atoms with Crippen molar-refractivity contribution in [2.24, 2.45) is 0 Å². The zero-order valence-corrected chi connectivity index (χ0v) is 9.83. The molecule has 2 aromatic heterocycles. The first-order valence-electron chi connectivity index (χ1n) is 5.47. The first kappa shape index (κ1) is 12.3. The molecule has 18 heavy (non-hydrogen) atoms. The molecule has 1 atom stereocenters.